The van der Waals surface area contributed by atoms with Crippen LogP contribution >= 0.6 is 11.3 Å². The molecule has 0 aliphatic carbocycles. The third-order valence-electron chi connectivity index (χ3n) is 5.84. The molecule has 178 valence electrons. The molecule has 2 N–H and O–H groups in total. The molecule has 0 radical (unpaired) electrons. The van der Waals surface area contributed by atoms with Gasteiger partial charge in [0.05, 0.1) is 18.7 Å². The van der Waals surface area contributed by atoms with Crippen molar-refractivity contribution in [2.45, 2.75) is 44.9 Å². The fourth-order valence-electron chi connectivity index (χ4n) is 4.12. The Bertz CT molecular complexity index is 1260. The average Bonchev–Trinajstić information content (AvgIpc) is 3.37. The molecule has 1 amide bonds. The summed E-state index contributed by atoms with van der Waals surface area (Å²) in [6.07, 6.45) is -4.21. The standard InChI is InChI=1S/C23H22F3N5O2S/c1-4-15-12(2)34-22(16(15)11-27)29-21(32)18-10-20-28-17(13-5-7-14(33-3)8-6-13)9-19(23(24,25)26)31(20)30-18/h5-8,10,17,19,28H,4,9H2,1-3H3,(H,29,32)/t17-,19+/m1/s1. The van der Waals surface area contributed by atoms with Gasteiger partial charge in [-0.3, -0.25) is 4.79 Å². The molecule has 0 spiro atoms. The number of amides is 1. The fraction of sp³-hybridized carbons (Fsp3) is 0.348. The van der Waals surface area contributed by atoms with Gasteiger partial charge in [-0.15, -0.1) is 11.3 Å². The maximum Gasteiger partial charge on any atom is 0.410 e. The topological polar surface area (TPSA) is 92.0 Å². The molecule has 1 aromatic carbocycles. The van der Waals surface area contributed by atoms with E-state index in [2.05, 4.69) is 21.8 Å². The normalized spacial score (nSPS) is 17.4. The number of nitrogens with zero attached hydrogens (tertiary/aromatic N) is 3. The van der Waals surface area contributed by atoms with Gasteiger partial charge in [0.25, 0.3) is 5.91 Å². The molecule has 1 aliphatic heterocycles. The van der Waals surface area contributed by atoms with E-state index in [1.807, 2.05) is 13.8 Å². The lowest BCUT2D eigenvalue weighted by Gasteiger charge is -2.33. The predicted molar refractivity (Wildman–Crippen MR) is 122 cm³/mol. The summed E-state index contributed by atoms with van der Waals surface area (Å²) in [4.78, 5) is 13.8. The quantitative estimate of drug-likeness (QED) is 0.486. The molecule has 7 nitrogen and oxygen atoms in total. The van der Waals surface area contributed by atoms with Crippen molar-refractivity contribution in [2.75, 3.05) is 17.7 Å². The maximum absolute atomic E-state index is 13.9. The maximum atomic E-state index is 13.9. The van der Waals surface area contributed by atoms with Gasteiger partial charge in [0.1, 0.15) is 22.6 Å². The molecule has 2 aromatic heterocycles. The van der Waals surface area contributed by atoms with E-state index in [1.165, 1.54) is 24.5 Å². The molecule has 4 rings (SSSR count). The summed E-state index contributed by atoms with van der Waals surface area (Å²) >= 11 is 1.26. The summed E-state index contributed by atoms with van der Waals surface area (Å²) in [5.41, 5.74) is 1.70. The SMILES string of the molecule is CCc1c(C)sc(NC(=O)c2cc3n(n2)[C@H](C(F)(F)F)C[C@H](c2ccc(OC)cc2)N3)c1C#N. The number of ether oxygens (including phenoxy) is 1. The van der Waals surface area contributed by atoms with E-state index in [9.17, 15) is 23.2 Å². The lowest BCUT2D eigenvalue weighted by molar-refractivity contribution is -0.173. The Morgan fingerprint density at radius 1 is 1.38 bits per heavy atom. The summed E-state index contributed by atoms with van der Waals surface area (Å²) < 4.78 is 47.7. The largest absolute Gasteiger partial charge is 0.497 e. The van der Waals surface area contributed by atoms with E-state index in [1.54, 1.807) is 24.3 Å². The minimum Gasteiger partial charge on any atom is -0.497 e. The highest BCUT2D eigenvalue weighted by molar-refractivity contribution is 7.16. The summed E-state index contributed by atoms with van der Waals surface area (Å²) in [6, 6.07) is 7.66. The number of methoxy groups -OCH3 is 1. The third kappa shape index (κ3) is 4.33. The van der Waals surface area contributed by atoms with Crippen LogP contribution in [0.3, 0.4) is 0 Å². The number of hydrogen-bond donors (Lipinski definition) is 2. The number of nitriles is 1. The summed E-state index contributed by atoms with van der Waals surface area (Å²) in [5, 5.41) is 19.6. The second-order valence-electron chi connectivity index (χ2n) is 7.88. The van der Waals surface area contributed by atoms with E-state index in [0.29, 0.717) is 28.3 Å². The van der Waals surface area contributed by atoms with Crippen LogP contribution in [0.15, 0.2) is 30.3 Å². The molecule has 34 heavy (non-hydrogen) atoms. The number of alkyl halides is 3. The Morgan fingerprint density at radius 3 is 2.68 bits per heavy atom. The molecular weight excluding hydrogens is 467 g/mol. The van der Waals surface area contributed by atoms with E-state index >= 15 is 0 Å². The second kappa shape index (κ2) is 9.02. The van der Waals surface area contributed by atoms with Crippen molar-refractivity contribution in [2.24, 2.45) is 0 Å². The van der Waals surface area contributed by atoms with Crippen molar-refractivity contribution in [3.05, 3.63) is 57.6 Å². The highest BCUT2D eigenvalue weighted by Crippen LogP contribution is 2.44. The van der Waals surface area contributed by atoms with Crippen LogP contribution in [0.1, 0.15) is 57.5 Å². The Morgan fingerprint density at radius 2 is 2.09 bits per heavy atom. The Kier molecular flexibility index (Phi) is 6.27. The molecule has 0 bridgehead atoms. The predicted octanol–water partition coefficient (Wildman–Crippen LogP) is 5.61. The highest BCUT2D eigenvalue weighted by Gasteiger charge is 2.46. The Hall–Kier alpha value is -3.52. The summed E-state index contributed by atoms with van der Waals surface area (Å²) in [7, 11) is 1.51. The minimum atomic E-state index is -4.56. The fourth-order valence-corrected chi connectivity index (χ4v) is 5.21. The molecule has 3 heterocycles. The number of aromatic nitrogens is 2. The number of thiophene rings is 1. The van der Waals surface area contributed by atoms with Gasteiger partial charge in [0.2, 0.25) is 0 Å². The lowest BCUT2D eigenvalue weighted by Crippen LogP contribution is -2.35. The second-order valence-corrected chi connectivity index (χ2v) is 9.11. The van der Waals surface area contributed by atoms with Crippen LogP contribution in [0.4, 0.5) is 24.0 Å². The number of halogens is 3. The van der Waals surface area contributed by atoms with E-state index in [-0.39, 0.29) is 17.9 Å². The van der Waals surface area contributed by atoms with Crippen LogP contribution in [-0.2, 0) is 6.42 Å². The van der Waals surface area contributed by atoms with Crippen LogP contribution in [0.2, 0.25) is 0 Å². The first-order valence-electron chi connectivity index (χ1n) is 10.6. The van der Waals surface area contributed by atoms with E-state index in [0.717, 1.165) is 15.1 Å². The lowest BCUT2D eigenvalue weighted by atomic mass is 9.97. The van der Waals surface area contributed by atoms with Crippen molar-refractivity contribution < 1.29 is 22.7 Å². The zero-order chi connectivity index (χ0) is 24.6. The molecule has 0 fully saturated rings. The highest BCUT2D eigenvalue weighted by atomic mass is 32.1. The van der Waals surface area contributed by atoms with E-state index in [4.69, 9.17) is 4.74 Å². The molecule has 1 aliphatic rings. The van der Waals surface area contributed by atoms with Gasteiger partial charge >= 0.3 is 6.18 Å². The molecule has 0 unspecified atom stereocenters. The zero-order valence-electron chi connectivity index (χ0n) is 18.7. The molecule has 0 saturated carbocycles. The molecule has 11 heteroatoms. The van der Waals surface area contributed by atoms with Gasteiger partial charge in [0, 0.05) is 17.4 Å². The number of hydrogen-bond acceptors (Lipinski definition) is 6. The van der Waals surface area contributed by atoms with Crippen LogP contribution < -0.4 is 15.4 Å². The van der Waals surface area contributed by atoms with Crippen molar-refractivity contribution >= 4 is 28.1 Å². The number of benzene rings is 1. The van der Waals surface area contributed by atoms with Crippen LogP contribution in [0.25, 0.3) is 0 Å². The van der Waals surface area contributed by atoms with Gasteiger partial charge in [-0.1, -0.05) is 19.1 Å². The smallest absolute Gasteiger partial charge is 0.410 e. The number of aryl methyl sites for hydroxylation is 1. The van der Waals surface area contributed by atoms with Crippen molar-refractivity contribution in [1.29, 1.82) is 5.26 Å². The zero-order valence-corrected chi connectivity index (χ0v) is 19.5. The van der Waals surface area contributed by atoms with Crippen molar-refractivity contribution in [3.8, 4) is 11.8 Å². The summed E-state index contributed by atoms with van der Waals surface area (Å²) in [6.45, 7) is 3.76. The molecule has 3 aromatic rings. The van der Waals surface area contributed by atoms with Gasteiger partial charge in [-0.05, 0) is 36.6 Å². The number of carbonyl (C=O) groups excluding carboxylic acids is 1. The first-order valence-corrected chi connectivity index (χ1v) is 11.4. The number of nitrogens with one attached hydrogen (secondary N) is 2. The van der Waals surface area contributed by atoms with Crippen LogP contribution in [0.5, 0.6) is 5.75 Å². The number of carbonyl (C=O) groups is 1. The number of fused-ring (bicyclic) bond motifs is 1. The monoisotopic (exact) mass is 489 g/mol. The van der Waals surface area contributed by atoms with Crippen molar-refractivity contribution in [1.82, 2.24) is 9.78 Å². The summed E-state index contributed by atoms with van der Waals surface area (Å²) in [5.74, 6) is 0.0189. The first-order chi connectivity index (χ1) is 16.2. The molecule has 0 saturated heterocycles. The molecule has 2 atom stereocenters. The van der Waals surface area contributed by atoms with Crippen molar-refractivity contribution in [3.63, 3.8) is 0 Å². The third-order valence-corrected chi connectivity index (χ3v) is 6.90. The first kappa shape index (κ1) is 23.6. The minimum absolute atomic E-state index is 0.0941. The number of rotatable bonds is 5. The van der Waals surface area contributed by atoms with Gasteiger partial charge in [-0.2, -0.15) is 23.5 Å². The average molecular weight is 490 g/mol. The van der Waals surface area contributed by atoms with E-state index < -0.39 is 24.2 Å². The van der Waals surface area contributed by atoms with Gasteiger partial charge in [0.15, 0.2) is 11.7 Å². The number of anilines is 2. The van der Waals surface area contributed by atoms with Gasteiger partial charge < -0.3 is 15.4 Å². The molecular formula is C23H22F3N5O2S. The Balaban J connectivity index is 1.64. The van der Waals surface area contributed by atoms with Crippen LogP contribution in [-0.4, -0.2) is 29.0 Å². The van der Waals surface area contributed by atoms with Gasteiger partial charge in [-0.25, -0.2) is 4.68 Å². The van der Waals surface area contributed by atoms with Crippen LogP contribution in [0, 0.1) is 18.3 Å². The Labute approximate surface area is 198 Å².